The van der Waals surface area contributed by atoms with Gasteiger partial charge in [0.15, 0.2) is 5.75 Å². The third-order valence-corrected chi connectivity index (χ3v) is 4.98. The van der Waals surface area contributed by atoms with Gasteiger partial charge in [-0.25, -0.2) is 4.79 Å². The lowest BCUT2D eigenvalue weighted by Crippen LogP contribution is -2.31. The zero-order valence-electron chi connectivity index (χ0n) is 13.9. The predicted molar refractivity (Wildman–Crippen MR) is 104 cm³/mol. The SMILES string of the molecule is C[n+]1c2ccccc2c(C(=O)Oc2c(Cl)cccc2Cl)c2ccccc21. The molecule has 1 aromatic heterocycles. The molecule has 0 aliphatic carbocycles. The van der Waals surface area contributed by atoms with Crippen LogP contribution in [0.2, 0.25) is 10.0 Å². The average Bonchev–Trinajstić information content (AvgIpc) is 2.65. The van der Waals surface area contributed by atoms with Gasteiger partial charge in [0, 0.05) is 12.1 Å². The molecule has 5 heteroatoms. The quantitative estimate of drug-likeness (QED) is 0.202. The molecule has 3 aromatic carbocycles. The van der Waals surface area contributed by atoms with Gasteiger partial charge in [-0.1, -0.05) is 53.5 Å². The number of benzene rings is 3. The molecule has 128 valence electrons. The fourth-order valence-corrected chi connectivity index (χ4v) is 3.65. The number of aryl methyl sites for hydroxylation is 1. The molecule has 0 fully saturated rings. The lowest BCUT2D eigenvalue weighted by Gasteiger charge is -2.11. The molecule has 0 bridgehead atoms. The maximum atomic E-state index is 13.1. The van der Waals surface area contributed by atoms with E-state index in [4.69, 9.17) is 27.9 Å². The van der Waals surface area contributed by atoms with Gasteiger partial charge in [0.1, 0.15) is 7.05 Å². The summed E-state index contributed by atoms with van der Waals surface area (Å²) in [7, 11) is 1.98. The Hall–Kier alpha value is -2.62. The number of nitrogens with zero attached hydrogens (tertiary/aromatic N) is 1. The van der Waals surface area contributed by atoms with E-state index in [0.717, 1.165) is 21.8 Å². The largest absolute Gasteiger partial charge is 0.420 e. The third-order valence-electron chi connectivity index (χ3n) is 4.39. The normalized spacial score (nSPS) is 11.0. The molecule has 3 nitrogen and oxygen atoms in total. The van der Waals surface area contributed by atoms with Gasteiger partial charge < -0.3 is 4.74 Å². The van der Waals surface area contributed by atoms with Crippen molar-refractivity contribution in [3.63, 3.8) is 0 Å². The summed E-state index contributed by atoms with van der Waals surface area (Å²) < 4.78 is 7.67. The van der Waals surface area contributed by atoms with Crippen molar-refractivity contribution < 1.29 is 14.1 Å². The number of halogens is 2. The first-order valence-electron chi connectivity index (χ1n) is 8.03. The van der Waals surface area contributed by atoms with Crippen LogP contribution in [0.25, 0.3) is 21.8 Å². The number of fused-ring (bicyclic) bond motifs is 2. The molecule has 0 radical (unpaired) electrons. The van der Waals surface area contributed by atoms with Gasteiger partial charge in [-0.2, -0.15) is 4.57 Å². The van der Waals surface area contributed by atoms with E-state index in [1.807, 2.05) is 55.6 Å². The lowest BCUT2D eigenvalue weighted by molar-refractivity contribution is -0.617. The van der Waals surface area contributed by atoms with Crippen LogP contribution in [0.3, 0.4) is 0 Å². The fourth-order valence-electron chi connectivity index (χ4n) is 3.17. The van der Waals surface area contributed by atoms with Gasteiger partial charge in [0.2, 0.25) is 11.0 Å². The maximum absolute atomic E-state index is 13.1. The highest BCUT2D eigenvalue weighted by Crippen LogP contribution is 2.34. The van der Waals surface area contributed by atoms with Crippen molar-refractivity contribution >= 4 is 51.0 Å². The van der Waals surface area contributed by atoms with Crippen LogP contribution in [0.4, 0.5) is 0 Å². The summed E-state index contributed by atoms with van der Waals surface area (Å²) in [5.74, 6) is -0.324. The van der Waals surface area contributed by atoms with Crippen LogP contribution in [0.5, 0.6) is 5.75 Å². The molecular weight excluding hydrogens is 369 g/mol. The third kappa shape index (κ3) is 2.70. The lowest BCUT2D eigenvalue weighted by atomic mass is 10.0. The number of carbonyl (C=O) groups excluding carboxylic acids is 1. The smallest absolute Gasteiger partial charge is 0.345 e. The average molecular weight is 383 g/mol. The van der Waals surface area contributed by atoms with Crippen molar-refractivity contribution in [2.75, 3.05) is 0 Å². The number of aromatic nitrogens is 1. The number of hydrogen-bond donors (Lipinski definition) is 0. The Bertz CT molecular complexity index is 1090. The van der Waals surface area contributed by atoms with Gasteiger partial charge in [-0.15, -0.1) is 0 Å². The summed E-state index contributed by atoms with van der Waals surface area (Å²) in [6, 6.07) is 20.4. The summed E-state index contributed by atoms with van der Waals surface area (Å²) in [4.78, 5) is 13.1. The van der Waals surface area contributed by atoms with Gasteiger partial charge in [-0.3, -0.25) is 0 Å². The Balaban J connectivity index is 1.98. The van der Waals surface area contributed by atoms with Crippen molar-refractivity contribution in [3.8, 4) is 5.75 Å². The first kappa shape index (κ1) is 16.8. The standard InChI is InChI=1S/C21H14Cl2NO2/c1-24-17-11-4-2-7-13(17)19(14-8-3-5-12-18(14)24)21(25)26-20-15(22)9-6-10-16(20)23/h2-12H,1H3/q+1. The molecule has 0 amide bonds. The monoisotopic (exact) mass is 382 g/mol. The maximum Gasteiger partial charge on any atom is 0.345 e. The van der Waals surface area contributed by atoms with E-state index >= 15 is 0 Å². The molecule has 0 N–H and O–H groups in total. The van der Waals surface area contributed by atoms with Crippen LogP contribution < -0.4 is 9.30 Å². The minimum atomic E-state index is -0.493. The minimum Gasteiger partial charge on any atom is -0.420 e. The van der Waals surface area contributed by atoms with E-state index in [1.165, 1.54) is 0 Å². The second-order valence-electron chi connectivity index (χ2n) is 5.91. The van der Waals surface area contributed by atoms with Crippen LogP contribution in [0.15, 0.2) is 66.7 Å². The predicted octanol–water partition coefficient (Wildman–Crippen LogP) is 5.34. The van der Waals surface area contributed by atoms with Gasteiger partial charge in [-0.05, 0) is 24.3 Å². The van der Waals surface area contributed by atoms with Crippen molar-refractivity contribution in [3.05, 3.63) is 82.3 Å². The Morgan fingerprint density at radius 2 is 1.31 bits per heavy atom. The Morgan fingerprint density at radius 3 is 1.85 bits per heavy atom. The summed E-state index contributed by atoms with van der Waals surface area (Å²) in [6.45, 7) is 0. The van der Waals surface area contributed by atoms with E-state index < -0.39 is 5.97 Å². The highest BCUT2D eigenvalue weighted by atomic mass is 35.5. The van der Waals surface area contributed by atoms with E-state index in [1.54, 1.807) is 18.2 Å². The van der Waals surface area contributed by atoms with Crippen LogP contribution in [0, 0.1) is 0 Å². The first-order chi connectivity index (χ1) is 12.6. The number of rotatable bonds is 2. The fraction of sp³-hybridized carbons (Fsp3) is 0.0476. The number of hydrogen-bond acceptors (Lipinski definition) is 2. The number of esters is 1. The molecular formula is C21H14Cl2NO2+. The first-order valence-corrected chi connectivity index (χ1v) is 8.79. The molecule has 26 heavy (non-hydrogen) atoms. The van der Waals surface area contributed by atoms with Crippen LogP contribution in [-0.4, -0.2) is 5.97 Å². The molecule has 0 spiro atoms. The molecule has 0 aliphatic heterocycles. The van der Waals surface area contributed by atoms with Crippen LogP contribution in [-0.2, 0) is 7.05 Å². The summed E-state index contributed by atoms with van der Waals surface area (Å²) in [5, 5.41) is 2.20. The second kappa shape index (κ2) is 6.60. The van der Waals surface area contributed by atoms with Crippen molar-refractivity contribution in [1.82, 2.24) is 0 Å². The van der Waals surface area contributed by atoms with Gasteiger partial charge >= 0.3 is 5.97 Å². The Kier molecular flexibility index (Phi) is 4.27. The van der Waals surface area contributed by atoms with E-state index in [0.29, 0.717) is 15.6 Å². The minimum absolute atomic E-state index is 0.169. The molecule has 1 heterocycles. The zero-order valence-corrected chi connectivity index (χ0v) is 15.4. The van der Waals surface area contributed by atoms with E-state index in [2.05, 4.69) is 4.57 Å². The number of carbonyl (C=O) groups is 1. The highest BCUT2D eigenvalue weighted by molar-refractivity contribution is 6.37. The van der Waals surface area contributed by atoms with Crippen molar-refractivity contribution in [2.24, 2.45) is 7.05 Å². The summed E-state index contributed by atoms with van der Waals surface area (Å²) in [6.07, 6.45) is 0. The molecule has 0 saturated heterocycles. The highest BCUT2D eigenvalue weighted by Gasteiger charge is 2.24. The summed E-state index contributed by atoms with van der Waals surface area (Å²) in [5.41, 5.74) is 2.36. The molecule has 0 unspecified atom stereocenters. The van der Waals surface area contributed by atoms with Gasteiger partial charge in [0.25, 0.3) is 0 Å². The topological polar surface area (TPSA) is 30.2 Å². The van der Waals surface area contributed by atoms with E-state index in [9.17, 15) is 4.79 Å². The van der Waals surface area contributed by atoms with E-state index in [-0.39, 0.29) is 5.75 Å². The van der Waals surface area contributed by atoms with Crippen molar-refractivity contribution in [2.45, 2.75) is 0 Å². The Morgan fingerprint density at radius 1 is 0.808 bits per heavy atom. The second-order valence-corrected chi connectivity index (χ2v) is 6.72. The van der Waals surface area contributed by atoms with Crippen LogP contribution in [0.1, 0.15) is 10.4 Å². The number of pyridine rings is 1. The van der Waals surface area contributed by atoms with Crippen LogP contribution >= 0.6 is 23.2 Å². The Labute approximate surface area is 160 Å². The van der Waals surface area contributed by atoms with Gasteiger partial charge in [0.05, 0.1) is 26.4 Å². The molecule has 0 aliphatic rings. The number of ether oxygens (including phenoxy) is 1. The zero-order chi connectivity index (χ0) is 18.3. The molecule has 4 rings (SSSR count). The number of para-hydroxylation sites is 3. The molecule has 0 atom stereocenters. The molecule has 0 saturated carbocycles. The summed E-state index contributed by atoms with van der Waals surface area (Å²) >= 11 is 12.3. The molecule has 4 aromatic rings. The van der Waals surface area contributed by atoms with Crippen molar-refractivity contribution in [1.29, 1.82) is 0 Å².